The Kier molecular flexibility index (Phi) is 7.62. The number of aromatic nitrogens is 1. The van der Waals surface area contributed by atoms with Gasteiger partial charge in [-0.1, -0.05) is 6.92 Å². The van der Waals surface area contributed by atoms with Crippen molar-refractivity contribution in [3.63, 3.8) is 0 Å². The summed E-state index contributed by atoms with van der Waals surface area (Å²) in [4.78, 5) is 61.2. The normalized spacial score (nSPS) is 35.3. The van der Waals surface area contributed by atoms with E-state index in [0.29, 0.717) is 38.0 Å². The number of carbonyl (C=O) groups is 4. The second kappa shape index (κ2) is 11.3. The fourth-order valence-electron chi connectivity index (χ4n) is 7.57. The lowest BCUT2D eigenvalue weighted by molar-refractivity contribution is -0.149. The molecule has 1 spiro atoms. The summed E-state index contributed by atoms with van der Waals surface area (Å²) in [6.45, 7) is 2.12. The third kappa shape index (κ3) is 4.93. The molecule has 5 aliphatic rings. The van der Waals surface area contributed by atoms with Crippen LogP contribution in [0.2, 0.25) is 0 Å². The van der Waals surface area contributed by atoms with Crippen LogP contribution in [0.5, 0.6) is 5.75 Å². The number of nitrogens with zero attached hydrogens (tertiary/aromatic N) is 4. The monoisotopic (exact) mass is 598 g/mol. The molecule has 4 fully saturated rings. The average Bonchev–Trinajstić information content (AvgIpc) is 3.76. The summed E-state index contributed by atoms with van der Waals surface area (Å²) < 4.78 is 31.8. The zero-order chi connectivity index (χ0) is 30.5. The van der Waals surface area contributed by atoms with E-state index in [1.165, 1.54) is 23.1 Å². The molecule has 1 aromatic heterocycles. The Morgan fingerprint density at radius 2 is 2.12 bits per heavy atom. The molecule has 13 nitrogen and oxygen atoms in total. The molecule has 0 bridgehead atoms. The van der Waals surface area contributed by atoms with Gasteiger partial charge in [0.05, 0.1) is 25.8 Å². The Balaban J connectivity index is 1.33. The molecule has 14 heteroatoms. The number of halogens is 1. The summed E-state index contributed by atoms with van der Waals surface area (Å²) in [7, 11) is 1.19. The molecule has 5 heterocycles. The highest BCUT2D eigenvalue weighted by atomic mass is 19.1. The molecule has 4 aliphatic heterocycles. The number of hydrogen-bond acceptors (Lipinski definition) is 9. The van der Waals surface area contributed by atoms with Crippen LogP contribution in [0.3, 0.4) is 0 Å². The smallest absolute Gasteiger partial charge is 0.407 e. The molecule has 3 saturated heterocycles. The summed E-state index contributed by atoms with van der Waals surface area (Å²) in [5.41, 5.74) is -1.54. The fraction of sp³-hybridized carbons (Fsp3) is 0.655. The predicted octanol–water partition coefficient (Wildman–Crippen LogP) is 1.39. The van der Waals surface area contributed by atoms with Crippen LogP contribution in [0.1, 0.15) is 39.0 Å². The third-order valence-corrected chi connectivity index (χ3v) is 9.74. The van der Waals surface area contributed by atoms with E-state index in [4.69, 9.17) is 14.2 Å². The molecule has 6 rings (SSSR count). The zero-order valence-corrected chi connectivity index (χ0v) is 24.0. The quantitative estimate of drug-likeness (QED) is 0.521. The Labute approximate surface area is 248 Å². The number of pyridine rings is 1. The number of ether oxygens (including phenoxy) is 3. The number of methoxy groups -OCH3 is 1. The second-order valence-corrected chi connectivity index (χ2v) is 12.1. The molecule has 0 radical (unpaired) electrons. The van der Waals surface area contributed by atoms with Crippen molar-refractivity contribution in [1.29, 1.82) is 5.26 Å². The first-order chi connectivity index (χ1) is 20.7. The summed E-state index contributed by atoms with van der Waals surface area (Å²) in [6.07, 6.45) is 0.847. The number of rotatable bonds is 4. The minimum Gasteiger partial charge on any atom is -0.472 e. The van der Waals surface area contributed by atoms with E-state index in [-0.39, 0.29) is 31.2 Å². The molecule has 9 atom stereocenters. The Hall–Kier alpha value is -3.99. The lowest BCUT2D eigenvalue weighted by Gasteiger charge is -2.39. The van der Waals surface area contributed by atoms with Gasteiger partial charge >= 0.3 is 6.09 Å². The van der Waals surface area contributed by atoms with Gasteiger partial charge in [-0.25, -0.2) is 14.2 Å². The SMILES string of the molecule is COC(=O)N[C@H](C(=O)N1C[C@@H]2CC[C@@H](F)[C@@H](C)[C@@H]2[C@H]1C(=O)N1C[C@@]2(C[C@H]1C#N)Oc1cccnc1NC2=O)[C@@H]1CCCO1. The van der Waals surface area contributed by atoms with Crippen LogP contribution < -0.4 is 15.4 Å². The molecule has 0 aromatic carbocycles. The maximum absolute atomic E-state index is 15.1. The van der Waals surface area contributed by atoms with Crippen LogP contribution in [-0.2, 0) is 23.9 Å². The maximum atomic E-state index is 15.1. The van der Waals surface area contributed by atoms with Gasteiger partial charge in [-0.3, -0.25) is 14.4 Å². The number of hydrogen-bond donors (Lipinski definition) is 2. The standard InChI is InChI=1S/C29H35FN6O7/c1-15-18(30)8-7-16-13-35(25(37)22(33-28(40)41-2)19-6-4-10-42-19)23(21(15)16)26(38)36-14-29(11-17(36)12-31)27(39)34-24-20(43-29)5-3-9-32-24/h3,5,9,15-19,21-23H,4,6-8,10-11,13-14H2,1-2H3,(H,33,40)(H,32,34,39)/t15-,16+,17+,18-,19+,21+,22+,23+,29-/m1/s1. The summed E-state index contributed by atoms with van der Waals surface area (Å²) in [6, 6.07) is 2.16. The highest BCUT2D eigenvalue weighted by molar-refractivity contribution is 6.01. The van der Waals surface area contributed by atoms with Gasteiger partial charge in [-0.05, 0) is 55.6 Å². The number of amides is 4. The average molecular weight is 599 g/mol. The van der Waals surface area contributed by atoms with E-state index >= 15 is 4.39 Å². The van der Waals surface area contributed by atoms with E-state index in [1.54, 1.807) is 19.1 Å². The molecule has 0 unspecified atom stereocenters. The molecule has 230 valence electrons. The number of alkyl halides is 1. The van der Waals surface area contributed by atoms with Crippen LogP contribution in [0.15, 0.2) is 18.3 Å². The lowest BCUT2D eigenvalue weighted by atomic mass is 9.70. The van der Waals surface area contributed by atoms with E-state index in [9.17, 15) is 24.4 Å². The van der Waals surface area contributed by atoms with E-state index in [2.05, 4.69) is 21.7 Å². The summed E-state index contributed by atoms with van der Waals surface area (Å²) in [5.74, 6) is -2.26. The molecular formula is C29H35FN6O7. The zero-order valence-electron chi connectivity index (χ0n) is 24.0. The van der Waals surface area contributed by atoms with Gasteiger partial charge in [0.2, 0.25) is 17.4 Å². The minimum atomic E-state index is -1.54. The molecular weight excluding hydrogens is 563 g/mol. The number of alkyl carbamates (subject to hydrolysis) is 1. The number of nitrogens with one attached hydrogen (secondary N) is 2. The van der Waals surface area contributed by atoms with Crippen molar-refractivity contribution in [2.24, 2.45) is 17.8 Å². The first-order valence-electron chi connectivity index (χ1n) is 14.7. The van der Waals surface area contributed by atoms with Crippen LogP contribution in [-0.4, -0.2) is 101 Å². The highest BCUT2D eigenvalue weighted by Crippen LogP contribution is 2.47. The van der Waals surface area contributed by atoms with E-state index < -0.39 is 71.7 Å². The van der Waals surface area contributed by atoms with Gasteiger partial charge in [0.15, 0.2) is 11.6 Å². The van der Waals surface area contributed by atoms with Gasteiger partial charge in [0.25, 0.3) is 5.91 Å². The van der Waals surface area contributed by atoms with Crippen LogP contribution in [0.25, 0.3) is 0 Å². The first kappa shape index (κ1) is 29.1. The van der Waals surface area contributed by atoms with Gasteiger partial charge in [-0.15, -0.1) is 0 Å². The number of fused-ring (bicyclic) bond motifs is 2. The number of anilines is 1. The third-order valence-electron chi connectivity index (χ3n) is 9.74. The van der Waals surface area contributed by atoms with Crippen molar-refractivity contribution in [2.75, 3.05) is 32.1 Å². The van der Waals surface area contributed by atoms with Crippen molar-refractivity contribution in [3.05, 3.63) is 18.3 Å². The highest BCUT2D eigenvalue weighted by Gasteiger charge is 2.60. The van der Waals surface area contributed by atoms with E-state index in [1.807, 2.05) is 0 Å². The maximum Gasteiger partial charge on any atom is 0.407 e. The van der Waals surface area contributed by atoms with Crippen LogP contribution in [0.4, 0.5) is 15.0 Å². The van der Waals surface area contributed by atoms with Crippen molar-refractivity contribution in [1.82, 2.24) is 20.1 Å². The van der Waals surface area contributed by atoms with Crippen molar-refractivity contribution in [2.45, 2.75) is 75.0 Å². The van der Waals surface area contributed by atoms with Crippen LogP contribution >= 0.6 is 0 Å². The largest absolute Gasteiger partial charge is 0.472 e. The number of nitriles is 1. The van der Waals surface area contributed by atoms with Crippen LogP contribution in [0, 0.1) is 29.1 Å². The molecule has 1 saturated carbocycles. The van der Waals surface area contributed by atoms with Gasteiger partial charge in [0, 0.05) is 25.8 Å². The van der Waals surface area contributed by atoms with Crippen molar-refractivity contribution in [3.8, 4) is 11.8 Å². The van der Waals surface area contributed by atoms with Crippen molar-refractivity contribution < 1.29 is 37.8 Å². The van der Waals surface area contributed by atoms with Gasteiger partial charge in [0.1, 0.15) is 24.3 Å². The second-order valence-electron chi connectivity index (χ2n) is 12.1. The molecule has 1 aromatic rings. The van der Waals surface area contributed by atoms with Gasteiger partial charge < -0.3 is 34.6 Å². The molecule has 43 heavy (non-hydrogen) atoms. The van der Waals surface area contributed by atoms with E-state index in [0.717, 1.165) is 0 Å². The topological polar surface area (TPSA) is 163 Å². The summed E-state index contributed by atoms with van der Waals surface area (Å²) >= 11 is 0. The Morgan fingerprint density at radius 1 is 1.30 bits per heavy atom. The lowest BCUT2D eigenvalue weighted by Crippen LogP contribution is -2.60. The summed E-state index contributed by atoms with van der Waals surface area (Å²) in [5, 5.41) is 15.4. The predicted molar refractivity (Wildman–Crippen MR) is 146 cm³/mol. The number of carbonyl (C=O) groups excluding carboxylic acids is 4. The first-order valence-corrected chi connectivity index (χ1v) is 14.7. The van der Waals surface area contributed by atoms with Gasteiger partial charge in [-0.2, -0.15) is 5.26 Å². The molecule has 2 N–H and O–H groups in total. The Bertz CT molecular complexity index is 1350. The molecule has 1 aliphatic carbocycles. The van der Waals surface area contributed by atoms with Crippen molar-refractivity contribution >= 4 is 29.6 Å². The molecule has 4 amide bonds. The minimum absolute atomic E-state index is 0.0894. The fourth-order valence-corrected chi connectivity index (χ4v) is 7.57. The Morgan fingerprint density at radius 3 is 2.84 bits per heavy atom. The number of likely N-dealkylation sites (tertiary alicyclic amines) is 2.